The molecule has 0 saturated carbocycles. The van der Waals surface area contributed by atoms with E-state index in [-0.39, 0.29) is 11.5 Å². The van der Waals surface area contributed by atoms with E-state index in [0.717, 1.165) is 25.8 Å². The monoisotopic (exact) mass is 315 g/mol. The molecule has 0 spiro atoms. The van der Waals surface area contributed by atoms with E-state index in [0.29, 0.717) is 12.0 Å². The Labute approximate surface area is 134 Å². The summed E-state index contributed by atoms with van der Waals surface area (Å²) in [6.45, 7) is 3.19. The van der Waals surface area contributed by atoms with Crippen molar-refractivity contribution in [2.45, 2.75) is 51.1 Å². The van der Waals surface area contributed by atoms with Crippen LogP contribution in [0.25, 0.3) is 0 Å². The highest BCUT2D eigenvalue weighted by Gasteiger charge is 2.36. The molecule has 0 fully saturated rings. The van der Waals surface area contributed by atoms with Crippen LogP contribution >= 0.6 is 11.3 Å². The fourth-order valence-corrected chi connectivity index (χ4v) is 5.22. The van der Waals surface area contributed by atoms with Crippen LogP contribution in [0.1, 0.15) is 52.8 Å². The Balaban J connectivity index is 1.84. The third kappa shape index (κ3) is 2.05. The topological polar surface area (TPSA) is 52.5 Å². The number of nitrogens with one attached hydrogen (secondary N) is 1. The van der Waals surface area contributed by atoms with E-state index >= 15 is 0 Å². The Kier molecular flexibility index (Phi) is 3.39. The second-order valence-electron chi connectivity index (χ2n) is 6.39. The van der Waals surface area contributed by atoms with Gasteiger partial charge in [-0.3, -0.25) is 0 Å². The van der Waals surface area contributed by atoms with Gasteiger partial charge in [0.2, 0.25) is 0 Å². The molecule has 0 bridgehead atoms. The molecule has 0 saturated heterocycles. The summed E-state index contributed by atoms with van der Waals surface area (Å²) in [7, 11) is 0. The minimum Gasteiger partial charge on any atom is -0.504 e. The van der Waals surface area contributed by atoms with E-state index in [1.165, 1.54) is 33.6 Å². The van der Waals surface area contributed by atoms with Crippen LogP contribution in [0.5, 0.6) is 11.5 Å². The highest BCUT2D eigenvalue weighted by Crippen LogP contribution is 2.46. The summed E-state index contributed by atoms with van der Waals surface area (Å²) in [5.41, 5.74) is 5.26. The normalized spacial score (nSPS) is 22.8. The van der Waals surface area contributed by atoms with Gasteiger partial charge in [0.15, 0.2) is 11.5 Å². The average molecular weight is 315 g/mol. The van der Waals surface area contributed by atoms with Crippen molar-refractivity contribution in [3.8, 4) is 11.5 Å². The van der Waals surface area contributed by atoms with Crippen molar-refractivity contribution in [3.63, 3.8) is 0 Å². The Morgan fingerprint density at radius 3 is 2.86 bits per heavy atom. The van der Waals surface area contributed by atoms with E-state index in [2.05, 4.69) is 17.6 Å². The molecule has 1 aromatic carbocycles. The number of phenols is 2. The zero-order chi connectivity index (χ0) is 15.3. The van der Waals surface area contributed by atoms with Gasteiger partial charge in [-0.25, -0.2) is 0 Å². The quantitative estimate of drug-likeness (QED) is 0.741. The van der Waals surface area contributed by atoms with Crippen molar-refractivity contribution in [1.82, 2.24) is 5.32 Å². The average Bonchev–Trinajstić information content (AvgIpc) is 2.92. The summed E-state index contributed by atoms with van der Waals surface area (Å²) in [6.07, 6.45) is 4.36. The van der Waals surface area contributed by atoms with Crippen LogP contribution in [-0.4, -0.2) is 16.3 Å². The maximum atomic E-state index is 9.94. The van der Waals surface area contributed by atoms with Gasteiger partial charge in [-0.2, -0.15) is 0 Å². The Morgan fingerprint density at radius 2 is 2.05 bits per heavy atom. The van der Waals surface area contributed by atoms with Crippen LogP contribution in [0.3, 0.4) is 0 Å². The lowest BCUT2D eigenvalue weighted by Crippen LogP contribution is -2.42. The summed E-state index contributed by atoms with van der Waals surface area (Å²) in [4.78, 5) is 1.50. The van der Waals surface area contributed by atoms with E-state index in [1.807, 2.05) is 11.3 Å². The first kappa shape index (κ1) is 14.1. The molecule has 0 radical (unpaired) electrons. The number of phenolic OH excluding ortho intramolecular Hbond substituents is 2. The highest BCUT2D eigenvalue weighted by molar-refractivity contribution is 7.10. The van der Waals surface area contributed by atoms with Crippen molar-refractivity contribution >= 4 is 11.3 Å². The van der Waals surface area contributed by atoms with Gasteiger partial charge >= 0.3 is 0 Å². The van der Waals surface area contributed by atoms with E-state index in [4.69, 9.17) is 0 Å². The van der Waals surface area contributed by atoms with E-state index in [9.17, 15) is 10.2 Å². The molecular formula is C18H21NO2S. The van der Waals surface area contributed by atoms with Crippen molar-refractivity contribution in [3.05, 3.63) is 44.6 Å². The number of aromatic hydroxyl groups is 2. The summed E-state index contributed by atoms with van der Waals surface area (Å²) in [6, 6.07) is 3.96. The van der Waals surface area contributed by atoms with Gasteiger partial charge in [0.1, 0.15) is 0 Å². The number of aryl methyl sites for hydroxylation is 2. The molecule has 2 heterocycles. The number of rotatable bonds is 2. The maximum absolute atomic E-state index is 9.94. The summed E-state index contributed by atoms with van der Waals surface area (Å²) >= 11 is 1.88. The third-order valence-electron chi connectivity index (χ3n) is 5.06. The SMILES string of the molecule is CCCc1scc2c1CN[C@H]1CCc3cc(O)c(O)cc3[C@H]21. The Bertz CT molecular complexity index is 722. The van der Waals surface area contributed by atoms with E-state index < -0.39 is 0 Å². The maximum Gasteiger partial charge on any atom is 0.157 e. The molecule has 2 aliphatic rings. The first-order valence-electron chi connectivity index (χ1n) is 8.06. The highest BCUT2D eigenvalue weighted by atomic mass is 32.1. The molecule has 3 N–H and O–H groups in total. The lowest BCUT2D eigenvalue weighted by molar-refractivity contribution is 0.380. The lowest BCUT2D eigenvalue weighted by Gasteiger charge is -2.38. The molecular weight excluding hydrogens is 294 g/mol. The van der Waals surface area contributed by atoms with Crippen LogP contribution < -0.4 is 5.32 Å². The van der Waals surface area contributed by atoms with E-state index in [1.54, 1.807) is 12.1 Å². The summed E-state index contributed by atoms with van der Waals surface area (Å²) in [5.74, 6) is 0.301. The van der Waals surface area contributed by atoms with Gasteiger partial charge in [0, 0.05) is 23.4 Å². The van der Waals surface area contributed by atoms with Crippen LogP contribution in [0, 0.1) is 0 Å². The van der Waals surface area contributed by atoms with Gasteiger partial charge in [-0.05, 0) is 59.0 Å². The molecule has 0 unspecified atom stereocenters. The predicted molar refractivity (Wildman–Crippen MR) is 88.9 cm³/mol. The standard InChI is InChI=1S/C18H21NO2S/c1-2-3-17-12-8-19-14-5-4-10-6-15(20)16(21)7-11(10)18(14)13(12)9-22-17/h6-7,9,14,18-21H,2-5,8H2,1H3/t14-,18+/m0/s1. The second kappa shape index (κ2) is 5.28. The molecule has 4 rings (SSSR count). The molecule has 1 aliphatic carbocycles. The van der Waals surface area contributed by atoms with Gasteiger partial charge < -0.3 is 15.5 Å². The summed E-state index contributed by atoms with van der Waals surface area (Å²) < 4.78 is 0. The van der Waals surface area contributed by atoms with Gasteiger partial charge in [-0.1, -0.05) is 13.3 Å². The number of thiophene rings is 1. The zero-order valence-electron chi connectivity index (χ0n) is 12.7. The smallest absolute Gasteiger partial charge is 0.157 e. The number of fused-ring (bicyclic) bond motifs is 5. The minimum absolute atomic E-state index is 0.00168. The fourth-order valence-electron chi connectivity index (χ4n) is 4.01. The summed E-state index contributed by atoms with van der Waals surface area (Å²) in [5, 5.41) is 25.7. The lowest BCUT2D eigenvalue weighted by atomic mass is 9.73. The molecule has 2 aromatic rings. The van der Waals surface area contributed by atoms with Crippen molar-refractivity contribution in [1.29, 1.82) is 0 Å². The Hall–Kier alpha value is -1.52. The van der Waals surface area contributed by atoms with Gasteiger partial charge in [-0.15, -0.1) is 11.3 Å². The predicted octanol–water partition coefficient (Wildman–Crippen LogP) is 3.66. The van der Waals surface area contributed by atoms with Crippen molar-refractivity contribution in [2.24, 2.45) is 0 Å². The Morgan fingerprint density at radius 1 is 1.23 bits per heavy atom. The van der Waals surface area contributed by atoms with Crippen LogP contribution in [0.15, 0.2) is 17.5 Å². The van der Waals surface area contributed by atoms with Crippen LogP contribution in [0.2, 0.25) is 0 Å². The van der Waals surface area contributed by atoms with Crippen LogP contribution in [0.4, 0.5) is 0 Å². The molecule has 2 atom stereocenters. The molecule has 0 amide bonds. The molecule has 3 nitrogen and oxygen atoms in total. The molecule has 1 aliphatic heterocycles. The molecule has 22 heavy (non-hydrogen) atoms. The molecule has 116 valence electrons. The van der Waals surface area contributed by atoms with Gasteiger partial charge in [0.05, 0.1) is 0 Å². The zero-order valence-corrected chi connectivity index (χ0v) is 13.5. The first-order valence-corrected chi connectivity index (χ1v) is 8.94. The van der Waals surface area contributed by atoms with Gasteiger partial charge in [0.25, 0.3) is 0 Å². The number of hydrogen-bond donors (Lipinski definition) is 3. The minimum atomic E-state index is -0.00413. The number of benzene rings is 1. The van der Waals surface area contributed by atoms with Crippen molar-refractivity contribution in [2.75, 3.05) is 0 Å². The fraction of sp³-hybridized carbons (Fsp3) is 0.444. The second-order valence-corrected chi connectivity index (χ2v) is 7.35. The largest absolute Gasteiger partial charge is 0.504 e. The van der Waals surface area contributed by atoms with Crippen molar-refractivity contribution < 1.29 is 10.2 Å². The molecule has 4 heteroatoms. The third-order valence-corrected chi connectivity index (χ3v) is 6.17. The number of hydrogen-bond acceptors (Lipinski definition) is 4. The molecule has 1 aromatic heterocycles. The first-order chi connectivity index (χ1) is 10.7. The van der Waals surface area contributed by atoms with Crippen LogP contribution in [-0.2, 0) is 19.4 Å².